The third-order valence-corrected chi connectivity index (χ3v) is 5.99. The summed E-state index contributed by atoms with van der Waals surface area (Å²) in [7, 11) is 1.53. The summed E-state index contributed by atoms with van der Waals surface area (Å²) in [5.74, 6) is 2.62. The van der Waals surface area contributed by atoms with Crippen molar-refractivity contribution in [2.24, 2.45) is 5.73 Å². The molecule has 0 saturated heterocycles. The van der Waals surface area contributed by atoms with Crippen LogP contribution in [0, 0.1) is 0 Å². The molecule has 0 radical (unpaired) electrons. The number of hydrogen-bond acceptors (Lipinski definition) is 8. The third-order valence-electron chi connectivity index (χ3n) is 5.99. The van der Waals surface area contributed by atoms with Crippen LogP contribution in [-0.2, 0) is 6.54 Å². The Balaban J connectivity index is 1.72. The van der Waals surface area contributed by atoms with E-state index >= 15 is 0 Å². The van der Waals surface area contributed by atoms with Gasteiger partial charge < -0.3 is 31.2 Å². The lowest BCUT2D eigenvalue weighted by Crippen LogP contribution is -2.27. The van der Waals surface area contributed by atoms with Crippen LogP contribution in [0.2, 0.25) is 0 Å². The monoisotopic (exact) mass is 425 g/mol. The molecule has 9 heteroatoms. The zero-order valence-electron chi connectivity index (χ0n) is 18.3. The molecule has 1 saturated carbocycles. The van der Waals surface area contributed by atoms with Gasteiger partial charge in [0.15, 0.2) is 28.5 Å². The molecule has 4 rings (SSSR count). The maximum absolute atomic E-state index is 10.4. The fraction of sp³-hybridized carbons (Fsp3) is 0.500. The van der Waals surface area contributed by atoms with E-state index in [2.05, 4.69) is 33.7 Å². The van der Waals surface area contributed by atoms with Gasteiger partial charge in [-0.05, 0) is 45.6 Å². The van der Waals surface area contributed by atoms with Crippen molar-refractivity contribution in [3.8, 4) is 11.5 Å². The van der Waals surface area contributed by atoms with Crippen molar-refractivity contribution in [1.82, 2.24) is 19.5 Å². The number of anilines is 2. The number of phenols is 1. The van der Waals surface area contributed by atoms with Gasteiger partial charge in [-0.15, -0.1) is 0 Å². The molecule has 1 aliphatic carbocycles. The molecule has 0 aliphatic heterocycles. The highest BCUT2D eigenvalue weighted by Crippen LogP contribution is 2.36. The van der Waals surface area contributed by atoms with Crippen LogP contribution in [0.1, 0.15) is 62.9 Å². The number of fused-ring (bicyclic) bond motifs is 1. The molecule has 3 aromatic rings. The third kappa shape index (κ3) is 4.10. The number of benzene rings is 1. The van der Waals surface area contributed by atoms with Gasteiger partial charge in [-0.1, -0.05) is 12.1 Å². The Hall–Kier alpha value is -3.07. The van der Waals surface area contributed by atoms with Crippen LogP contribution >= 0.6 is 0 Å². The van der Waals surface area contributed by atoms with E-state index in [1.807, 2.05) is 12.1 Å². The Morgan fingerprint density at radius 3 is 2.61 bits per heavy atom. The van der Waals surface area contributed by atoms with Crippen molar-refractivity contribution in [3.05, 3.63) is 29.6 Å². The van der Waals surface area contributed by atoms with Gasteiger partial charge in [0.05, 0.1) is 7.11 Å². The summed E-state index contributed by atoms with van der Waals surface area (Å²) in [6.45, 7) is 4.59. The number of aromatic nitrogens is 4. The fourth-order valence-electron chi connectivity index (χ4n) is 4.36. The minimum atomic E-state index is 0.0997. The van der Waals surface area contributed by atoms with Crippen molar-refractivity contribution >= 4 is 22.9 Å². The smallest absolute Gasteiger partial charge is 0.224 e. The number of phenolic OH excluding ortho intramolecular Hbond substituents is 1. The molecule has 0 spiro atoms. The first kappa shape index (κ1) is 21.2. The predicted molar refractivity (Wildman–Crippen MR) is 121 cm³/mol. The average Bonchev–Trinajstić information content (AvgIpc) is 3.13. The molecule has 1 aromatic carbocycles. The molecule has 9 nitrogen and oxygen atoms in total. The number of para-hydroxylation sites is 1. The molecule has 2 heterocycles. The number of nitrogen functional groups attached to an aromatic ring is 1. The summed E-state index contributed by atoms with van der Waals surface area (Å²) in [4.78, 5) is 13.9. The van der Waals surface area contributed by atoms with Gasteiger partial charge in [-0.2, -0.15) is 9.97 Å². The highest BCUT2D eigenvalue weighted by Gasteiger charge is 2.28. The Kier molecular flexibility index (Phi) is 5.86. The van der Waals surface area contributed by atoms with Crippen molar-refractivity contribution in [2.75, 3.05) is 18.2 Å². The topological polar surface area (TPSA) is 137 Å². The molecular formula is C22H31N7O2. The molecule has 2 aromatic heterocycles. The molecule has 1 fully saturated rings. The quantitative estimate of drug-likeness (QED) is 0.472. The minimum Gasteiger partial charge on any atom is -0.504 e. The van der Waals surface area contributed by atoms with Gasteiger partial charge in [0, 0.05) is 30.1 Å². The zero-order valence-corrected chi connectivity index (χ0v) is 18.3. The van der Waals surface area contributed by atoms with E-state index in [0.29, 0.717) is 35.1 Å². The van der Waals surface area contributed by atoms with Crippen molar-refractivity contribution in [2.45, 2.75) is 64.1 Å². The van der Waals surface area contributed by atoms with E-state index in [4.69, 9.17) is 21.2 Å². The van der Waals surface area contributed by atoms with Gasteiger partial charge in [-0.3, -0.25) is 0 Å². The Labute approximate surface area is 181 Å². The fourth-order valence-corrected chi connectivity index (χ4v) is 4.36. The van der Waals surface area contributed by atoms with Crippen LogP contribution in [-0.4, -0.2) is 37.8 Å². The van der Waals surface area contributed by atoms with Crippen LogP contribution in [0.15, 0.2) is 18.2 Å². The maximum Gasteiger partial charge on any atom is 0.224 e. The second-order valence-electron chi connectivity index (χ2n) is 8.47. The Morgan fingerprint density at radius 1 is 1.19 bits per heavy atom. The van der Waals surface area contributed by atoms with Gasteiger partial charge in [0.1, 0.15) is 5.82 Å². The highest BCUT2D eigenvalue weighted by molar-refractivity contribution is 5.85. The van der Waals surface area contributed by atoms with E-state index in [1.165, 1.54) is 7.11 Å². The van der Waals surface area contributed by atoms with E-state index < -0.39 is 0 Å². The minimum absolute atomic E-state index is 0.0997. The normalized spacial score (nSPS) is 19.1. The van der Waals surface area contributed by atoms with Crippen molar-refractivity contribution < 1.29 is 9.84 Å². The molecular weight excluding hydrogens is 394 g/mol. The SMILES string of the molecule is COc1cccc(CNc2nc(N)nc3c2nc(C2CCC(N)CC2)n3C(C)C)c1O. The van der Waals surface area contributed by atoms with Crippen LogP contribution in [0.25, 0.3) is 11.2 Å². The maximum atomic E-state index is 10.4. The molecule has 0 bridgehead atoms. The number of hydrogen-bond donors (Lipinski definition) is 4. The van der Waals surface area contributed by atoms with Gasteiger partial charge in [-0.25, -0.2) is 4.98 Å². The number of ether oxygens (including phenoxy) is 1. The van der Waals surface area contributed by atoms with E-state index in [1.54, 1.807) is 6.07 Å². The number of rotatable bonds is 6. The summed E-state index contributed by atoms with van der Waals surface area (Å²) in [5.41, 5.74) is 14.3. The number of imidazole rings is 1. The number of nitrogens with two attached hydrogens (primary N) is 2. The van der Waals surface area contributed by atoms with Crippen LogP contribution in [0.3, 0.4) is 0 Å². The molecule has 31 heavy (non-hydrogen) atoms. The second kappa shape index (κ2) is 8.58. The first-order valence-corrected chi connectivity index (χ1v) is 10.8. The average molecular weight is 426 g/mol. The summed E-state index contributed by atoms with van der Waals surface area (Å²) in [6, 6.07) is 5.83. The summed E-state index contributed by atoms with van der Waals surface area (Å²) in [6.07, 6.45) is 4.03. The molecule has 0 atom stereocenters. The summed E-state index contributed by atoms with van der Waals surface area (Å²) >= 11 is 0. The van der Waals surface area contributed by atoms with E-state index in [0.717, 1.165) is 37.2 Å². The lowest BCUT2D eigenvalue weighted by Gasteiger charge is -2.27. The highest BCUT2D eigenvalue weighted by atomic mass is 16.5. The molecule has 0 unspecified atom stereocenters. The largest absolute Gasteiger partial charge is 0.504 e. The van der Waals surface area contributed by atoms with E-state index in [9.17, 15) is 5.11 Å². The Morgan fingerprint density at radius 2 is 1.94 bits per heavy atom. The van der Waals surface area contributed by atoms with Gasteiger partial charge >= 0.3 is 0 Å². The number of aromatic hydroxyl groups is 1. The first-order valence-electron chi connectivity index (χ1n) is 10.8. The molecule has 6 N–H and O–H groups in total. The summed E-state index contributed by atoms with van der Waals surface area (Å²) in [5, 5.41) is 13.7. The number of nitrogens with one attached hydrogen (secondary N) is 1. The lowest BCUT2D eigenvalue weighted by atomic mass is 9.86. The number of methoxy groups -OCH3 is 1. The molecule has 1 aliphatic rings. The zero-order chi connectivity index (χ0) is 22.1. The van der Waals surface area contributed by atoms with Crippen LogP contribution in [0.5, 0.6) is 11.5 Å². The summed E-state index contributed by atoms with van der Waals surface area (Å²) < 4.78 is 7.37. The standard InChI is InChI=1S/C22H31N7O2/c1-12(2)29-20(13-7-9-15(23)10-8-13)26-17-19(27-22(24)28-21(17)29)25-11-14-5-4-6-16(31-3)18(14)30/h4-6,12-13,15,30H,7-11,23H2,1-3H3,(H3,24,25,27,28). The predicted octanol–water partition coefficient (Wildman–Crippen LogP) is 3.30. The molecule has 0 amide bonds. The van der Waals surface area contributed by atoms with E-state index in [-0.39, 0.29) is 23.8 Å². The second-order valence-corrected chi connectivity index (χ2v) is 8.47. The van der Waals surface area contributed by atoms with Crippen molar-refractivity contribution in [1.29, 1.82) is 0 Å². The Bertz CT molecular complexity index is 1070. The van der Waals surface area contributed by atoms with Crippen molar-refractivity contribution in [3.63, 3.8) is 0 Å². The van der Waals surface area contributed by atoms with Crippen LogP contribution in [0.4, 0.5) is 11.8 Å². The van der Waals surface area contributed by atoms with Gasteiger partial charge in [0.25, 0.3) is 0 Å². The number of nitrogens with zero attached hydrogens (tertiary/aromatic N) is 4. The van der Waals surface area contributed by atoms with Gasteiger partial charge in [0.2, 0.25) is 5.95 Å². The first-order chi connectivity index (χ1) is 14.9. The molecule has 166 valence electrons. The lowest BCUT2D eigenvalue weighted by molar-refractivity contribution is 0.371. The van der Waals surface area contributed by atoms with Crippen LogP contribution < -0.4 is 21.5 Å².